The number of aromatic nitrogens is 1. The van der Waals surface area contributed by atoms with Gasteiger partial charge in [0.25, 0.3) is 0 Å². The Kier molecular flexibility index (Phi) is 7.44. The Morgan fingerprint density at radius 1 is 0.906 bits per heavy atom. The summed E-state index contributed by atoms with van der Waals surface area (Å²) in [6, 6.07) is 11.6. The van der Waals surface area contributed by atoms with Crippen LogP contribution < -0.4 is 5.32 Å². The zero-order valence-electron chi connectivity index (χ0n) is 19.8. The van der Waals surface area contributed by atoms with E-state index in [9.17, 15) is 0 Å². The van der Waals surface area contributed by atoms with Crippen LogP contribution in [0.1, 0.15) is 50.8 Å². The van der Waals surface area contributed by atoms with Crippen molar-refractivity contribution in [2.45, 2.75) is 60.4 Å². The van der Waals surface area contributed by atoms with Crippen LogP contribution in [-0.2, 0) is 6.42 Å². The second-order valence-corrected chi connectivity index (χ2v) is 8.88. The lowest BCUT2D eigenvalue weighted by molar-refractivity contribution is 0.592. The maximum Gasteiger partial charge on any atom is 0.135 e. The number of aryl methyl sites for hydroxylation is 1. The normalized spacial score (nSPS) is 11.0. The summed E-state index contributed by atoms with van der Waals surface area (Å²) >= 11 is 0. The third-order valence-corrected chi connectivity index (χ3v) is 5.56. The molecule has 0 atom stereocenters. The molecule has 0 aliphatic rings. The molecule has 3 aromatic rings. The number of allylic oxidation sites excluding steroid dienone is 2. The molecule has 0 fully saturated rings. The molecular weight excluding hydrogens is 402 g/mol. The Labute approximate surface area is 190 Å². The quantitative estimate of drug-likeness (QED) is 0.381. The van der Waals surface area contributed by atoms with Crippen LogP contribution in [-0.4, -0.2) is 11.0 Å². The molecule has 0 aliphatic carbocycles. The molecule has 0 unspecified atom stereocenters. The molecule has 1 aromatic heterocycles. The first-order valence-electron chi connectivity index (χ1n) is 11.1. The summed E-state index contributed by atoms with van der Waals surface area (Å²) in [5.74, 6) is -0.0845. The van der Waals surface area contributed by atoms with E-state index >= 15 is 8.78 Å². The van der Waals surface area contributed by atoms with E-state index in [4.69, 9.17) is 0 Å². The minimum absolute atomic E-state index is 0.240. The smallest absolute Gasteiger partial charge is 0.135 e. The fourth-order valence-electron chi connectivity index (χ4n) is 3.90. The third kappa shape index (κ3) is 5.24. The minimum Gasteiger partial charge on any atom is -0.368 e. The summed E-state index contributed by atoms with van der Waals surface area (Å²) in [6.07, 6.45) is 5.69. The number of anilines is 1. The molecule has 0 saturated heterocycles. The van der Waals surface area contributed by atoms with Crippen molar-refractivity contribution in [2.24, 2.45) is 0 Å². The van der Waals surface area contributed by atoms with Crippen LogP contribution in [0.4, 0.5) is 14.6 Å². The van der Waals surface area contributed by atoms with Crippen LogP contribution in [0, 0.1) is 25.5 Å². The number of rotatable bonds is 7. The van der Waals surface area contributed by atoms with Crippen molar-refractivity contribution in [3.63, 3.8) is 0 Å². The molecule has 32 heavy (non-hydrogen) atoms. The molecule has 3 rings (SSSR count). The first-order valence-corrected chi connectivity index (χ1v) is 11.1. The number of nitrogens with one attached hydrogen (secondary N) is 1. The molecule has 4 heteroatoms. The van der Waals surface area contributed by atoms with Crippen molar-refractivity contribution in [3.05, 3.63) is 82.6 Å². The van der Waals surface area contributed by atoms with Gasteiger partial charge < -0.3 is 5.32 Å². The van der Waals surface area contributed by atoms with Gasteiger partial charge in [0.05, 0.1) is 0 Å². The van der Waals surface area contributed by atoms with Gasteiger partial charge in [-0.1, -0.05) is 35.9 Å². The highest BCUT2D eigenvalue weighted by Crippen LogP contribution is 2.38. The Morgan fingerprint density at radius 2 is 1.47 bits per heavy atom. The summed E-state index contributed by atoms with van der Waals surface area (Å²) in [5.41, 5.74) is 4.93. The van der Waals surface area contributed by atoms with Crippen LogP contribution in [0.5, 0.6) is 0 Å². The fourth-order valence-corrected chi connectivity index (χ4v) is 3.90. The lowest BCUT2D eigenvalue weighted by atomic mass is 9.90. The third-order valence-electron chi connectivity index (χ3n) is 5.56. The molecular formula is C28H32F2N2. The average Bonchev–Trinajstić information content (AvgIpc) is 2.74. The van der Waals surface area contributed by atoms with Crippen LogP contribution in [0.15, 0.2) is 54.2 Å². The van der Waals surface area contributed by atoms with Crippen LogP contribution >= 0.6 is 0 Å². The second-order valence-electron chi connectivity index (χ2n) is 8.88. The summed E-state index contributed by atoms with van der Waals surface area (Å²) in [6.45, 7) is 11.5. The largest absolute Gasteiger partial charge is 0.368 e. The molecule has 1 N–H and O–H groups in total. The monoisotopic (exact) mass is 434 g/mol. The van der Waals surface area contributed by atoms with E-state index in [0.717, 1.165) is 12.8 Å². The Morgan fingerprint density at radius 3 is 1.97 bits per heavy atom. The highest BCUT2D eigenvalue weighted by Gasteiger charge is 2.22. The highest BCUT2D eigenvalue weighted by molar-refractivity contribution is 5.78. The summed E-state index contributed by atoms with van der Waals surface area (Å²) in [7, 11) is 0. The van der Waals surface area contributed by atoms with E-state index in [1.807, 2.05) is 38.1 Å². The average molecular weight is 435 g/mol. The molecule has 0 saturated carbocycles. The molecule has 0 spiro atoms. The first kappa shape index (κ1) is 23.6. The van der Waals surface area contributed by atoms with Gasteiger partial charge in [-0.15, -0.1) is 0 Å². The van der Waals surface area contributed by atoms with E-state index < -0.39 is 5.82 Å². The number of hydrogen-bond donors (Lipinski definition) is 1. The molecule has 168 valence electrons. The van der Waals surface area contributed by atoms with Crippen LogP contribution in [0.25, 0.3) is 22.3 Å². The van der Waals surface area contributed by atoms with E-state index in [2.05, 4.69) is 30.2 Å². The van der Waals surface area contributed by atoms with E-state index in [-0.39, 0.29) is 17.4 Å². The molecule has 1 heterocycles. The van der Waals surface area contributed by atoms with Gasteiger partial charge in [0.15, 0.2) is 0 Å². The van der Waals surface area contributed by atoms with Gasteiger partial charge >= 0.3 is 0 Å². The van der Waals surface area contributed by atoms with Gasteiger partial charge in [-0.25, -0.2) is 13.8 Å². The van der Waals surface area contributed by atoms with Gasteiger partial charge in [-0.2, -0.15) is 0 Å². The molecule has 2 nitrogen and oxygen atoms in total. The van der Waals surface area contributed by atoms with Crippen molar-refractivity contribution in [1.29, 1.82) is 0 Å². The van der Waals surface area contributed by atoms with Crippen molar-refractivity contribution < 1.29 is 8.78 Å². The van der Waals surface area contributed by atoms with E-state index in [0.29, 0.717) is 33.6 Å². The van der Waals surface area contributed by atoms with Gasteiger partial charge in [-0.05, 0) is 88.8 Å². The lowest BCUT2D eigenvalue weighted by Gasteiger charge is -2.17. The highest BCUT2D eigenvalue weighted by atomic mass is 19.1. The van der Waals surface area contributed by atoms with Crippen molar-refractivity contribution in [1.82, 2.24) is 4.98 Å². The Balaban J connectivity index is 1.96. The van der Waals surface area contributed by atoms with E-state index in [1.54, 1.807) is 32.2 Å². The molecule has 0 radical (unpaired) electrons. The fraction of sp³-hybridized carbons (Fsp3) is 0.321. The molecule has 0 aliphatic heterocycles. The van der Waals surface area contributed by atoms with Gasteiger partial charge in [0.2, 0.25) is 0 Å². The van der Waals surface area contributed by atoms with Gasteiger partial charge in [0.1, 0.15) is 17.5 Å². The molecule has 0 bridgehead atoms. The summed E-state index contributed by atoms with van der Waals surface area (Å²) in [5, 5.41) is 3.21. The van der Waals surface area contributed by atoms with Crippen molar-refractivity contribution in [2.75, 3.05) is 5.32 Å². The topological polar surface area (TPSA) is 24.9 Å². The van der Waals surface area contributed by atoms with Crippen LogP contribution in [0.3, 0.4) is 0 Å². The van der Waals surface area contributed by atoms with E-state index in [1.165, 1.54) is 11.1 Å². The Bertz CT molecular complexity index is 1080. The number of hydrogen-bond acceptors (Lipinski definition) is 2. The second kappa shape index (κ2) is 10.1. The van der Waals surface area contributed by atoms with Crippen molar-refractivity contribution >= 4 is 5.82 Å². The zero-order valence-corrected chi connectivity index (χ0v) is 19.8. The first-order chi connectivity index (χ1) is 15.2. The summed E-state index contributed by atoms with van der Waals surface area (Å²) in [4.78, 5) is 4.36. The van der Waals surface area contributed by atoms with Gasteiger partial charge in [-0.3, -0.25) is 0 Å². The maximum atomic E-state index is 15.5. The predicted octanol–water partition coefficient (Wildman–Crippen LogP) is 8.03. The predicted molar refractivity (Wildman–Crippen MR) is 131 cm³/mol. The standard InChI is InChI=1S/C28H32F2N2/c1-17(2)8-7-9-21-10-12-22(13-11-21)25-19(5)28(30)26(20(6)27(25)29)23-14-15-24(31-16-23)32-18(3)4/h8,10-16,18H,7,9H2,1-6H3,(H,31,32). The molecule has 0 amide bonds. The number of pyridine rings is 1. The number of benzene rings is 2. The van der Waals surface area contributed by atoms with Crippen molar-refractivity contribution in [3.8, 4) is 22.3 Å². The number of halogens is 2. The molecule has 2 aromatic carbocycles. The summed E-state index contributed by atoms with van der Waals surface area (Å²) < 4.78 is 31.0. The zero-order chi connectivity index (χ0) is 23.4. The number of nitrogens with zero attached hydrogens (tertiary/aromatic N) is 1. The van der Waals surface area contributed by atoms with Gasteiger partial charge in [0, 0.05) is 28.9 Å². The maximum absolute atomic E-state index is 15.5. The Hall–Kier alpha value is -3.01. The lowest BCUT2D eigenvalue weighted by Crippen LogP contribution is -2.10. The minimum atomic E-state index is -0.405. The van der Waals surface area contributed by atoms with Crippen LogP contribution in [0.2, 0.25) is 0 Å². The SMILES string of the molecule is CC(C)=CCCc1ccc(-c2c(C)c(F)c(-c3ccc(NC(C)C)nc3)c(C)c2F)cc1.